The van der Waals surface area contributed by atoms with Crippen molar-refractivity contribution in [2.24, 2.45) is 11.7 Å². The molecule has 3 rings (SSSR count). The lowest BCUT2D eigenvalue weighted by Crippen LogP contribution is -2.44. The van der Waals surface area contributed by atoms with Gasteiger partial charge < -0.3 is 15.4 Å². The van der Waals surface area contributed by atoms with E-state index in [4.69, 9.17) is 5.73 Å². The lowest BCUT2D eigenvalue weighted by Gasteiger charge is -2.31. The fourth-order valence-corrected chi connectivity index (χ4v) is 4.34. The molecule has 30 heavy (non-hydrogen) atoms. The molecule has 0 aliphatic carbocycles. The number of hydrogen-bond donors (Lipinski definition) is 1. The van der Waals surface area contributed by atoms with E-state index in [1.54, 1.807) is 29.2 Å². The Hall–Kier alpha value is -2.88. The summed E-state index contributed by atoms with van der Waals surface area (Å²) in [5.74, 6) is -1.24. The highest BCUT2D eigenvalue weighted by molar-refractivity contribution is 7.99. The highest BCUT2D eigenvalue weighted by atomic mass is 32.2. The Labute approximate surface area is 177 Å². The second kappa shape index (κ2) is 9.75. The number of fused-ring (bicyclic) bond motifs is 1. The van der Waals surface area contributed by atoms with Gasteiger partial charge in [0, 0.05) is 19.6 Å². The van der Waals surface area contributed by atoms with Crippen molar-refractivity contribution >= 4 is 40.4 Å². The summed E-state index contributed by atoms with van der Waals surface area (Å²) in [6.45, 7) is 0.992. The SMILES string of the molecule is COC(=O)CCn1c(SCC(=O)N2CCCC(C(N)=O)C2)nc2ccccc2c1=O. The van der Waals surface area contributed by atoms with Crippen molar-refractivity contribution in [3.05, 3.63) is 34.6 Å². The van der Waals surface area contributed by atoms with E-state index in [-0.39, 0.29) is 36.1 Å². The third-order valence-corrected chi connectivity index (χ3v) is 6.06. The van der Waals surface area contributed by atoms with Crippen LogP contribution in [-0.2, 0) is 25.7 Å². The topological polar surface area (TPSA) is 125 Å². The highest BCUT2D eigenvalue weighted by Crippen LogP contribution is 2.21. The molecule has 0 bridgehead atoms. The van der Waals surface area contributed by atoms with Crippen LogP contribution in [0.15, 0.2) is 34.2 Å². The Morgan fingerprint density at radius 1 is 1.30 bits per heavy atom. The molecular formula is C20H24N4O5S. The first-order chi connectivity index (χ1) is 14.4. The molecule has 160 valence electrons. The summed E-state index contributed by atoms with van der Waals surface area (Å²) in [7, 11) is 1.29. The van der Waals surface area contributed by atoms with Gasteiger partial charge in [0.25, 0.3) is 5.56 Å². The van der Waals surface area contributed by atoms with E-state index in [0.29, 0.717) is 35.6 Å². The maximum Gasteiger partial charge on any atom is 0.307 e. The fraction of sp³-hybridized carbons (Fsp3) is 0.450. The Bertz CT molecular complexity index is 1020. The summed E-state index contributed by atoms with van der Waals surface area (Å²) in [5, 5.41) is 0.804. The molecule has 2 aromatic rings. The summed E-state index contributed by atoms with van der Waals surface area (Å²) < 4.78 is 6.07. The molecule has 2 N–H and O–H groups in total. The number of nitrogens with zero attached hydrogens (tertiary/aromatic N) is 3. The van der Waals surface area contributed by atoms with Gasteiger partial charge in [-0.2, -0.15) is 0 Å². The Morgan fingerprint density at radius 2 is 2.07 bits per heavy atom. The van der Waals surface area contributed by atoms with Crippen LogP contribution in [0.3, 0.4) is 0 Å². The molecule has 2 heterocycles. The van der Waals surface area contributed by atoms with Crippen LogP contribution < -0.4 is 11.3 Å². The number of esters is 1. The summed E-state index contributed by atoms with van der Waals surface area (Å²) in [4.78, 5) is 54.8. The minimum Gasteiger partial charge on any atom is -0.469 e. The second-order valence-corrected chi connectivity index (χ2v) is 8.01. The number of carbonyl (C=O) groups excluding carboxylic acids is 3. The van der Waals surface area contributed by atoms with E-state index >= 15 is 0 Å². The van der Waals surface area contributed by atoms with Gasteiger partial charge in [0.05, 0.1) is 36.1 Å². The number of carbonyl (C=O) groups is 3. The minimum atomic E-state index is -0.437. The normalized spacial score (nSPS) is 16.4. The summed E-state index contributed by atoms with van der Waals surface area (Å²) in [6.07, 6.45) is 1.43. The van der Waals surface area contributed by atoms with Crippen LogP contribution in [0.25, 0.3) is 10.9 Å². The smallest absolute Gasteiger partial charge is 0.307 e. The summed E-state index contributed by atoms with van der Waals surface area (Å²) in [6, 6.07) is 6.94. The number of ether oxygens (including phenoxy) is 1. The minimum absolute atomic E-state index is 0.0182. The van der Waals surface area contributed by atoms with E-state index in [2.05, 4.69) is 9.72 Å². The van der Waals surface area contributed by atoms with Gasteiger partial charge in [-0.15, -0.1) is 0 Å². The predicted octanol–water partition coefficient (Wildman–Crippen LogP) is 0.776. The van der Waals surface area contributed by atoms with Crippen LogP contribution >= 0.6 is 11.8 Å². The number of nitrogens with two attached hydrogens (primary N) is 1. The molecule has 1 unspecified atom stereocenters. The van der Waals surface area contributed by atoms with E-state index in [1.165, 1.54) is 11.7 Å². The number of para-hydroxylation sites is 1. The molecule has 1 aromatic carbocycles. The molecule has 1 fully saturated rings. The van der Waals surface area contributed by atoms with E-state index in [1.807, 2.05) is 0 Å². The van der Waals surface area contributed by atoms with Crippen LogP contribution in [0.1, 0.15) is 19.3 Å². The lowest BCUT2D eigenvalue weighted by atomic mass is 9.97. The monoisotopic (exact) mass is 432 g/mol. The first kappa shape index (κ1) is 21.8. The second-order valence-electron chi connectivity index (χ2n) is 7.06. The molecule has 0 saturated carbocycles. The molecule has 1 atom stereocenters. The molecule has 1 saturated heterocycles. The summed E-state index contributed by atoms with van der Waals surface area (Å²) in [5.41, 5.74) is 5.64. The number of aromatic nitrogens is 2. The Morgan fingerprint density at radius 3 is 2.80 bits per heavy atom. The van der Waals surface area contributed by atoms with Crippen LogP contribution in [0.2, 0.25) is 0 Å². The number of amides is 2. The molecular weight excluding hydrogens is 408 g/mol. The zero-order valence-electron chi connectivity index (χ0n) is 16.7. The number of rotatable bonds is 7. The van der Waals surface area contributed by atoms with Crippen molar-refractivity contribution in [3.63, 3.8) is 0 Å². The van der Waals surface area contributed by atoms with Gasteiger partial charge >= 0.3 is 5.97 Å². The number of thioether (sulfide) groups is 1. The van der Waals surface area contributed by atoms with Gasteiger partial charge in [0.2, 0.25) is 11.8 Å². The highest BCUT2D eigenvalue weighted by Gasteiger charge is 2.27. The van der Waals surface area contributed by atoms with Crippen molar-refractivity contribution in [1.82, 2.24) is 14.5 Å². The molecule has 1 aliphatic rings. The van der Waals surface area contributed by atoms with E-state index in [0.717, 1.165) is 18.2 Å². The third-order valence-electron chi connectivity index (χ3n) is 5.10. The van der Waals surface area contributed by atoms with Crippen LogP contribution in [0.5, 0.6) is 0 Å². The molecule has 9 nitrogen and oxygen atoms in total. The quantitative estimate of drug-likeness (QED) is 0.389. The van der Waals surface area contributed by atoms with Gasteiger partial charge in [-0.25, -0.2) is 4.98 Å². The number of methoxy groups -OCH3 is 1. The standard InChI is InChI=1S/C20H24N4O5S/c1-29-17(26)8-10-24-19(28)14-6-2-3-7-15(14)22-20(24)30-12-16(25)23-9-4-5-13(11-23)18(21)27/h2-3,6-7,13H,4-5,8-12H2,1H3,(H2,21,27). The zero-order chi connectivity index (χ0) is 21.7. The number of hydrogen-bond acceptors (Lipinski definition) is 7. The van der Waals surface area contributed by atoms with Crippen molar-refractivity contribution in [1.29, 1.82) is 0 Å². The largest absolute Gasteiger partial charge is 0.469 e. The number of benzene rings is 1. The number of piperidine rings is 1. The maximum absolute atomic E-state index is 12.9. The molecule has 1 aromatic heterocycles. The first-order valence-corrected chi connectivity index (χ1v) is 10.7. The van der Waals surface area contributed by atoms with E-state index in [9.17, 15) is 19.2 Å². The molecule has 0 spiro atoms. The van der Waals surface area contributed by atoms with Gasteiger partial charge in [-0.3, -0.25) is 23.7 Å². The predicted molar refractivity (Wildman–Crippen MR) is 112 cm³/mol. The zero-order valence-corrected chi connectivity index (χ0v) is 17.5. The summed E-state index contributed by atoms with van der Waals surface area (Å²) >= 11 is 1.14. The van der Waals surface area contributed by atoms with Crippen LogP contribution in [0, 0.1) is 5.92 Å². The van der Waals surface area contributed by atoms with E-state index < -0.39 is 11.9 Å². The Kier molecular flexibility index (Phi) is 7.09. The third kappa shape index (κ3) is 4.99. The molecule has 1 aliphatic heterocycles. The van der Waals surface area contributed by atoms with Crippen LogP contribution in [0.4, 0.5) is 0 Å². The van der Waals surface area contributed by atoms with Crippen LogP contribution in [-0.4, -0.2) is 58.2 Å². The molecule has 0 radical (unpaired) electrons. The fourth-order valence-electron chi connectivity index (χ4n) is 3.41. The van der Waals surface area contributed by atoms with Crippen molar-refractivity contribution in [3.8, 4) is 0 Å². The maximum atomic E-state index is 12.9. The molecule has 10 heteroatoms. The van der Waals surface area contributed by atoms with Gasteiger partial charge in [0.15, 0.2) is 5.16 Å². The average molecular weight is 433 g/mol. The van der Waals surface area contributed by atoms with Gasteiger partial charge in [0.1, 0.15) is 0 Å². The van der Waals surface area contributed by atoms with Crippen molar-refractivity contribution in [2.75, 3.05) is 26.0 Å². The number of primary amides is 1. The van der Waals surface area contributed by atoms with Gasteiger partial charge in [-0.05, 0) is 25.0 Å². The average Bonchev–Trinajstić information content (AvgIpc) is 2.76. The van der Waals surface area contributed by atoms with Gasteiger partial charge in [-0.1, -0.05) is 23.9 Å². The van der Waals surface area contributed by atoms with Crippen molar-refractivity contribution in [2.45, 2.75) is 31.0 Å². The molecule has 2 amide bonds. The van der Waals surface area contributed by atoms with Crippen molar-refractivity contribution < 1.29 is 19.1 Å². The lowest BCUT2D eigenvalue weighted by molar-refractivity contribution is -0.141. The first-order valence-electron chi connectivity index (χ1n) is 9.67. The number of likely N-dealkylation sites (tertiary alicyclic amines) is 1. The Balaban J connectivity index is 1.80.